The molecule has 24 heavy (non-hydrogen) atoms. The van der Waals surface area contributed by atoms with E-state index in [1.807, 2.05) is 0 Å². The van der Waals surface area contributed by atoms with Crippen molar-refractivity contribution < 1.29 is 23.6 Å². The van der Waals surface area contributed by atoms with Crippen molar-refractivity contribution in [3.63, 3.8) is 0 Å². The van der Waals surface area contributed by atoms with E-state index in [-0.39, 0.29) is 27.9 Å². The molecule has 0 saturated carbocycles. The smallest absolute Gasteiger partial charge is 0.273 e. The van der Waals surface area contributed by atoms with Crippen LogP contribution in [0, 0.1) is 15.9 Å². The Morgan fingerprint density at radius 1 is 1.29 bits per heavy atom. The highest BCUT2D eigenvalue weighted by atomic mass is 35.5. The number of carbonyl (C=O) groups excluding carboxylic acids is 1. The number of nitrogens with zero attached hydrogens (tertiary/aromatic N) is 1. The molecule has 1 N–H and O–H groups in total. The molecule has 0 heterocycles. The Balaban J connectivity index is 2.03. The van der Waals surface area contributed by atoms with Crippen molar-refractivity contribution in [2.24, 2.45) is 0 Å². The van der Waals surface area contributed by atoms with E-state index in [1.165, 1.54) is 37.4 Å². The Labute approximate surface area is 141 Å². The molecule has 1 amide bonds. The zero-order valence-electron chi connectivity index (χ0n) is 12.4. The number of anilines is 1. The molecule has 0 aromatic heterocycles. The zero-order chi connectivity index (χ0) is 17.7. The van der Waals surface area contributed by atoms with Crippen LogP contribution in [0.2, 0.25) is 5.02 Å². The molecule has 0 fully saturated rings. The van der Waals surface area contributed by atoms with Crippen LogP contribution in [0.25, 0.3) is 0 Å². The fraction of sp³-hybridized carbons (Fsp3) is 0.133. The number of ether oxygens (including phenoxy) is 2. The molecule has 0 saturated heterocycles. The average Bonchev–Trinajstić information content (AvgIpc) is 2.56. The van der Waals surface area contributed by atoms with Crippen LogP contribution in [0.5, 0.6) is 11.5 Å². The summed E-state index contributed by atoms with van der Waals surface area (Å²) in [6.45, 7) is -0.444. The molecule has 126 valence electrons. The van der Waals surface area contributed by atoms with Gasteiger partial charge in [-0.2, -0.15) is 0 Å². The van der Waals surface area contributed by atoms with E-state index in [9.17, 15) is 19.3 Å². The summed E-state index contributed by atoms with van der Waals surface area (Å²) in [6, 6.07) is 7.44. The van der Waals surface area contributed by atoms with Gasteiger partial charge in [0, 0.05) is 11.1 Å². The minimum atomic E-state index is -0.638. The van der Waals surface area contributed by atoms with Gasteiger partial charge in [-0.05, 0) is 24.3 Å². The van der Waals surface area contributed by atoms with Gasteiger partial charge in [0.15, 0.2) is 18.1 Å². The number of hydrogen-bond donors (Lipinski definition) is 1. The van der Waals surface area contributed by atoms with Crippen LogP contribution in [-0.4, -0.2) is 24.5 Å². The third-order valence-electron chi connectivity index (χ3n) is 2.92. The van der Waals surface area contributed by atoms with Crippen LogP contribution in [0.4, 0.5) is 15.8 Å². The molecule has 0 spiro atoms. The molecule has 2 aromatic carbocycles. The topological polar surface area (TPSA) is 90.7 Å². The second-order valence-corrected chi connectivity index (χ2v) is 4.99. The Morgan fingerprint density at radius 3 is 2.71 bits per heavy atom. The molecule has 0 radical (unpaired) electrons. The molecule has 2 rings (SSSR count). The van der Waals surface area contributed by atoms with Crippen molar-refractivity contribution >= 4 is 28.9 Å². The minimum Gasteiger partial charge on any atom is -0.493 e. The molecule has 0 unspecified atom stereocenters. The van der Waals surface area contributed by atoms with Gasteiger partial charge in [0.25, 0.3) is 11.6 Å². The SMILES string of the molecule is COc1cc([N+](=O)[O-])ccc1OCC(=O)Nc1cc(Cl)ccc1F. The summed E-state index contributed by atoms with van der Waals surface area (Å²) in [5, 5.41) is 13.3. The second kappa shape index (κ2) is 7.60. The number of carbonyl (C=O) groups is 1. The molecule has 0 aliphatic rings. The summed E-state index contributed by atoms with van der Waals surface area (Å²) in [4.78, 5) is 22.0. The van der Waals surface area contributed by atoms with Gasteiger partial charge in [0.1, 0.15) is 5.82 Å². The molecule has 0 bridgehead atoms. The first-order valence-corrected chi connectivity index (χ1v) is 6.98. The predicted octanol–water partition coefficient (Wildman–Crippen LogP) is 3.41. The monoisotopic (exact) mass is 354 g/mol. The Bertz CT molecular complexity index is 784. The van der Waals surface area contributed by atoms with Crippen LogP contribution in [0.3, 0.4) is 0 Å². The largest absolute Gasteiger partial charge is 0.493 e. The maximum Gasteiger partial charge on any atom is 0.273 e. The maximum atomic E-state index is 13.5. The number of methoxy groups -OCH3 is 1. The van der Waals surface area contributed by atoms with E-state index in [0.29, 0.717) is 0 Å². The van der Waals surface area contributed by atoms with E-state index >= 15 is 0 Å². The first kappa shape index (κ1) is 17.5. The summed E-state index contributed by atoms with van der Waals surface area (Å²) in [5.41, 5.74) is -0.253. The third-order valence-corrected chi connectivity index (χ3v) is 3.15. The molecule has 0 aliphatic heterocycles. The Kier molecular flexibility index (Phi) is 5.54. The highest BCUT2D eigenvalue weighted by molar-refractivity contribution is 6.30. The number of benzene rings is 2. The van der Waals surface area contributed by atoms with Gasteiger partial charge in [-0.15, -0.1) is 0 Å². The lowest BCUT2D eigenvalue weighted by molar-refractivity contribution is -0.384. The summed E-state index contributed by atoms with van der Waals surface area (Å²) in [6.07, 6.45) is 0. The van der Waals surface area contributed by atoms with Crippen molar-refractivity contribution in [1.29, 1.82) is 0 Å². The molecule has 0 atom stereocenters. The fourth-order valence-corrected chi connectivity index (χ4v) is 1.98. The minimum absolute atomic E-state index is 0.0771. The van der Waals surface area contributed by atoms with E-state index in [4.69, 9.17) is 21.1 Å². The Hall–Kier alpha value is -2.87. The van der Waals surface area contributed by atoms with Gasteiger partial charge in [-0.25, -0.2) is 4.39 Å². The van der Waals surface area contributed by atoms with Crippen molar-refractivity contribution in [1.82, 2.24) is 0 Å². The number of amides is 1. The van der Waals surface area contributed by atoms with Crippen LogP contribution in [0.1, 0.15) is 0 Å². The van der Waals surface area contributed by atoms with Gasteiger partial charge in [-0.1, -0.05) is 11.6 Å². The van der Waals surface area contributed by atoms with E-state index < -0.39 is 23.3 Å². The van der Waals surface area contributed by atoms with Crippen LogP contribution in [0.15, 0.2) is 36.4 Å². The average molecular weight is 355 g/mol. The number of nitro benzene ring substituents is 1. The van der Waals surface area contributed by atoms with Crippen molar-refractivity contribution in [3.8, 4) is 11.5 Å². The molecule has 9 heteroatoms. The molecular weight excluding hydrogens is 343 g/mol. The number of nitrogens with one attached hydrogen (secondary N) is 1. The maximum absolute atomic E-state index is 13.5. The molecule has 7 nitrogen and oxygen atoms in total. The second-order valence-electron chi connectivity index (χ2n) is 4.55. The quantitative estimate of drug-likeness (QED) is 0.634. The highest BCUT2D eigenvalue weighted by Crippen LogP contribution is 2.31. The highest BCUT2D eigenvalue weighted by Gasteiger charge is 2.14. The van der Waals surface area contributed by atoms with Gasteiger partial charge < -0.3 is 14.8 Å². The summed E-state index contributed by atoms with van der Waals surface area (Å²) >= 11 is 5.73. The zero-order valence-corrected chi connectivity index (χ0v) is 13.2. The first-order chi connectivity index (χ1) is 11.4. The van der Waals surface area contributed by atoms with Gasteiger partial charge in [-0.3, -0.25) is 14.9 Å². The Morgan fingerprint density at radius 2 is 2.04 bits per heavy atom. The number of non-ortho nitro benzene ring substituents is 1. The third kappa shape index (κ3) is 4.32. The van der Waals surface area contributed by atoms with E-state index in [2.05, 4.69) is 5.32 Å². The van der Waals surface area contributed by atoms with Crippen molar-refractivity contribution in [3.05, 3.63) is 57.4 Å². The van der Waals surface area contributed by atoms with Gasteiger partial charge in [0.05, 0.1) is 23.8 Å². The molecular formula is C15H12ClFN2O5. The lowest BCUT2D eigenvalue weighted by atomic mass is 10.3. The van der Waals surface area contributed by atoms with Gasteiger partial charge in [0.2, 0.25) is 0 Å². The lowest BCUT2D eigenvalue weighted by Crippen LogP contribution is -2.21. The molecule has 0 aliphatic carbocycles. The first-order valence-electron chi connectivity index (χ1n) is 6.61. The number of rotatable bonds is 6. The van der Waals surface area contributed by atoms with Crippen molar-refractivity contribution in [2.75, 3.05) is 19.0 Å². The normalized spacial score (nSPS) is 10.1. The predicted molar refractivity (Wildman–Crippen MR) is 85.2 cm³/mol. The summed E-state index contributed by atoms with van der Waals surface area (Å²) < 4.78 is 23.8. The number of halogens is 2. The fourth-order valence-electron chi connectivity index (χ4n) is 1.81. The van der Waals surface area contributed by atoms with Crippen molar-refractivity contribution in [2.45, 2.75) is 0 Å². The summed E-state index contributed by atoms with van der Waals surface area (Å²) in [7, 11) is 1.31. The van der Waals surface area contributed by atoms with Crippen LogP contribution >= 0.6 is 11.6 Å². The number of nitro groups is 1. The van der Waals surface area contributed by atoms with Gasteiger partial charge >= 0.3 is 0 Å². The molecule has 2 aromatic rings. The van der Waals surface area contributed by atoms with E-state index in [0.717, 1.165) is 6.07 Å². The standard InChI is InChI=1S/C15H12ClFN2O5/c1-23-14-7-10(19(21)22)3-5-13(14)24-8-15(20)18-12-6-9(16)2-4-11(12)17/h2-7H,8H2,1H3,(H,18,20). The van der Waals surface area contributed by atoms with Crippen LogP contribution < -0.4 is 14.8 Å². The van der Waals surface area contributed by atoms with E-state index in [1.54, 1.807) is 0 Å². The summed E-state index contributed by atoms with van der Waals surface area (Å²) in [5.74, 6) is -1.02. The van der Waals surface area contributed by atoms with Crippen LogP contribution in [-0.2, 0) is 4.79 Å². The lowest BCUT2D eigenvalue weighted by Gasteiger charge is -2.11. The number of hydrogen-bond acceptors (Lipinski definition) is 5.